The fourth-order valence-electron chi connectivity index (χ4n) is 1.85. The van der Waals surface area contributed by atoms with Gasteiger partial charge in [0, 0.05) is 19.1 Å². The van der Waals surface area contributed by atoms with E-state index in [0.717, 1.165) is 12.8 Å². The van der Waals surface area contributed by atoms with Crippen LogP contribution >= 0.6 is 0 Å². The van der Waals surface area contributed by atoms with Crippen LogP contribution in [0.3, 0.4) is 0 Å². The van der Waals surface area contributed by atoms with E-state index in [2.05, 4.69) is 4.72 Å². The van der Waals surface area contributed by atoms with Gasteiger partial charge in [-0.05, 0) is 25.7 Å². The molecule has 6 nitrogen and oxygen atoms in total. The molecule has 0 radical (unpaired) electrons. The van der Waals surface area contributed by atoms with Gasteiger partial charge in [0.25, 0.3) is 10.2 Å². The summed E-state index contributed by atoms with van der Waals surface area (Å²) in [6.07, 6.45) is 2.94. The van der Waals surface area contributed by atoms with Gasteiger partial charge in [0.15, 0.2) is 0 Å². The molecule has 92 valence electrons. The van der Waals surface area contributed by atoms with Crippen LogP contribution in [0.5, 0.6) is 0 Å². The smallest absolute Gasteiger partial charge is 0.307 e. The second kappa shape index (κ2) is 4.31. The number of aliphatic carboxylic acids is 1. The quantitative estimate of drug-likeness (QED) is 0.720. The Bertz CT molecular complexity index is 377. The van der Waals surface area contributed by atoms with Gasteiger partial charge in [0.2, 0.25) is 0 Å². The van der Waals surface area contributed by atoms with Gasteiger partial charge in [-0.15, -0.1) is 0 Å². The summed E-state index contributed by atoms with van der Waals surface area (Å²) in [5.74, 6) is -1.48. The van der Waals surface area contributed by atoms with Crippen LogP contribution in [0.15, 0.2) is 0 Å². The first-order valence-corrected chi connectivity index (χ1v) is 6.93. The van der Waals surface area contributed by atoms with Crippen molar-refractivity contribution >= 4 is 16.2 Å². The van der Waals surface area contributed by atoms with E-state index < -0.39 is 22.1 Å². The Balaban J connectivity index is 1.99. The molecule has 1 saturated carbocycles. The molecule has 1 aliphatic carbocycles. The molecule has 0 amide bonds. The van der Waals surface area contributed by atoms with Crippen molar-refractivity contribution in [3.63, 3.8) is 0 Å². The monoisotopic (exact) mass is 248 g/mol. The number of hydrogen-bond acceptors (Lipinski definition) is 3. The molecular weight excluding hydrogens is 232 g/mol. The van der Waals surface area contributed by atoms with Crippen LogP contribution < -0.4 is 4.72 Å². The highest BCUT2D eigenvalue weighted by Crippen LogP contribution is 2.23. The Morgan fingerprint density at radius 2 is 2.00 bits per heavy atom. The highest BCUT2D eigenvalue weighted by molar-refractivity contribution is 7.87. The summed E-state index contributed by atoms with van der Waals surface area (Å²) in [6.45, 7) is 0.517. The van der Waals surface area contributed by atoms with Gasteiger partial charge in [-0.1, -0.05) is 0 Å². The minimum Gasteiger partial charge on any atom is -0.481 e. The van der Waals surface area contributed by atoms with Gasteiger partial charge in [0.1, 0.15) is 0 Å². The molecule has 1 heterocycles. The third kappa shape index (κ3) is 2.72. The lowest BCUT2D eigenvalue weighted by Crippen LogP contribution is -2.47. The number of carbonyl (C=O) groups is 1. The lowest BCUT2D eigenvalue weighted by molar-refractivity contribution is -0.142. The van der Waals surface area contributed by atoms with Gasteiger partial charge in [-0.2, -0.15) is 17.4 Å². The van der Waals surface area contributed by atoms with Gasteiger partial charge < -0.3 is 5.11 Å². The largest absolute Gasteiger partial charge is 0.481 e. The molecular formula is C9H16N2O4S. The van der Waals surface area contributed by atoms with Gasteiger partial charge in [0.05, 0.1) is 5.92 Å². The van der Waals surface area contributed by atoms with E-state index in [4.69, 9.17) is 5.11 Å². The lowest BCUT2D eigenvalue weighted by Gasteiger charge is -2.29. The summed E-state index contributed by atoms with van der Waals surface area (Å²) in [5.41, 5.74) is 0. The molecule has 0 unspecified atom stereocenters. The van der Waals surface area contributed by atoms with E-state index in [0.29, 0.717) is 19.4 Å². The molecule has 16 heavy (non-hydrogen) atoms. The van der Waals surface area contributed by atoms with Crippen molar-refractivity contribution in [2.45, 2.75) is 31.7 Å². The van der Waals surface area contributed by atoms with Crippen molar-refractivity contribution in [2.24, 2.45) is 5.92 Å². The second-order valence-electron chi connectivity index (χ2n) is 4.43. The van der Waals surface area contributed by atoms with Crippen molar-refractivity contribution in [3.8, 4) is 0 Å². The first-order valence-electron chi connectivity index (χ1n) is 5.49. The van der Waals surface area contributed by atoms with Crippen LogP contribution in [0.25, 0.3) is 0 Å². The predicted octanol–water partition coefficient (Wildman–Crippen LogP) is -0.220. The standard InChI is InChI=1S/C9H16N2O4S/c12-9(13)7-2-1-5-11(6-7)16(14,15)10-8-3-4-8/h7-8,10H,1-6H2,(H,12,13)/t7-/m0/s1. The molecule has 2 fully saturated rings. The average molecular weight is 248 g/mol. The van der Waals surface area contributed by atoms with Crippen molar-refractivity contribution in [3.05, 3.63) is 0 Å². The first kappa shape index (κ1) is 11.8. The molecule has 1 aliphatic heterocycles. The summed E-state index contributed by atoms with van der Waals surface area (Å²) in [6, 6.07) is 0.0650. The van der Waals surface area contributed by atoms with Crippen molar-refractivity contribution < 1.29 is 18.3 Å². The summed E-state index contributed by atoms with van der Waals surface area (Å²) < 4.78 is 27.5. The fourth-order valence-corrected chi connectivity index (χ4v) is 3.40. The van der Waals surface area contributed by atoms with E-state index in [1.807, 2.05) is 0 Å². The van der Waals surface area contributed by atoms with E-state index >= 15 is 0 Å². The molecule has 2 N–H and O–H groups in total. The third-order valence-corrected chi connectivity index (χ3v) is 4.61. The normalized spacial score (nSPS) is 27.9. The van der Waals surface area contributed by atoms with Crippen LogP contribution in [0.2, 0.25) is 0 Å². The highest BCUT2D eigenvalue weighted by atomic mass is 32.2. The number of hydrogen-bond donors (Lipinski definition) is 2. The van der Waals surface area contributed by atoms with Crippen LogP contribution in [-0.4, -0.2) is 42.9 Å². The van der Waals surface area contributed by atoms with Crippen LogP contribution in [0.1, 0.15) is 25.7 Å². The molecule has 0 aromatic heterocycles. The lowest BCUT2D eigenvalue weighted by atomic mass is 10.0. The van der Waals surface area contributed by atoms with Crippen molar-refractivity contribution in [2.75, 3.05) is 13.1 Å². The molecule has 0 aromatic carbocycles. The molecule has 2 aliphatic rings. The summed E-state index contributed by atoms with van der Waals surface area (Å²) >= 11 is 0. The Morgan fingerprint density at radius 1 is 1.31 bits per heavy atom. The molecule has 1 atom stereocenters. The van der Waals surface area contributed by atoms with Crippen molar-refractivity contribution in [1.82, 2.24) is 9.03 Å². The zero-order valence-corrected chi connectivity index (χ0v) is 9.74. The van der Waals surface area contributed by atoms with E-state index in [1.54, 1.807) is 0 Å². The minimum absolute atomic E-state index is 0.0650. The van der Waals surface area contributed by atoms with Gasteiger partial charge in [-0.3, -0.25) is 4.79 Å². The van der Waals surface area contributed by atoms with Crippen LogP contribution in [-0.2, 0) is 15.0 Å². The number of rotatable bonds is 4. The van der Waals surface area contributed by atoms with Crippen LogP contribution in [0, 0.1) is 5.92 Å². The molecule has 0 spiro atoms. The third-order valence-electron chi connectivity index (χ3n) is 2.97. The van der Waals surface area contributed by atoms with Gasteiger partial charge >= 0.3 is 5.97 Å². The zero-order valence-electron chi connectivity index (χ0n) is 8.92. The minimum atomic E-state index is -3.47. The number of nitrogens with zero attached hydrogens (tertiary/aromatic N) is 1. The Morgan fingerprint density at radius 3 is 2.56 bits per heavy atom. The average Bonchev–Trinajstić information content (AvgIpc) is 3.01. The van der Waals surface area contributed by atoms with Crippen LogP contribution in [0.4, 0.5) is 0 Å². The van der Waals surface area contributed by atoms with E-state index in [1.165, 1.54) is 4.31 Å². The molecule has 0 aromatic rings. The topological polar surface area (TPSA) is 86.7 Å². The second-order valence-corrected chi connectivity index (χ2v) is 6.13. The fraction of sp³-hybridized carbons (Fsp3) is 0.889. The maximum atomic E-state index is 11.8. The maximum Gasteiger partial charge on any atom is 0.307 e. The summed E-state index contributed by atoms with van der Waals surface area (Å²) in [5, 5.41) is 8.87. The number of nitrogens with one attached hydrogen (secondary N) is 1. The molecule has 1 saturated heterocycles. The summed E-state index contributed by atoms with van der Waals surface area (Å²) in [7, 11) is -3.47. The Kier molecular flexibility index (Phi) is 3.18. The first-order chi connectivity index (χ1) is 7.49. The van der Waals surface area contributed by atoms with E-state index in [-0.39, 0.29) is 12.6 Å². The van der Waals surface area contributed by atoms with Gasteiger partial charge in [-0.25, -0.2) is 0 Å². The number of carboxylic acids is 1. The molecule has 2 rings (SSSR count). The molecule has 7 heteroatoms. The Labute approximate surface area is 94.8 Å². The SMILES string of the molecule is O=C(O)[C@H]1CCCN(S(=O)(=O)NC2CC2)C1. The van der Waals surface area contributed by atoms with Crippen molar-refractivity contribution in [1.29, 1.82) is 0 Å². The Hall–Kier alpha value is -0.660. The number of carboxylic acid groups (broad SMARTS) is 1. The molecule has 0 bridgehead atoms. The number of piperidine rings is 1. The highest BCUT2D eigenvalue weighted by Gasteiger charge is 2.35. The predicted molar refractivity (Wildman–Crippen MR) is 57.0 cm³/mol. The summed E-state index contributed by atoms with van der Waals surface area (Å²) in [4.78, 5) is 10.8. The maximum absolute atomic E-state index is 11.8. The van der Waals surface area contributed by atoms with E-state index in [9.17, 15) is 13.2 Å². The zero-order chi connectivity index (χ0) is 11.8.